The molecule has 0 spiro atoms. The molecule has 1 aliphatic carbocycles. The van der Waals surface area contributed by atoms with Gasteiger partial charge in [-0.15, -0.1) is 4.91 Å². The van der Waals surface area contributed by atoms with Gasteiger partial charge in [-0.2, -0.15) is 0 Å². The van der Waals surface area contributed by atoms with Crippen LogP contribution in [0.25, 0.3) is 5.57 Å². The quantitative estimate of drug-likeness (QED) is 0.476. The first kappa shape index (κ1) is 13.6. The maximum absolute atomic E-state index is 12.4. The number of benzene rings is 1. The molecule has 19 heavy (non-hydrogen) atoms. The fourth-order valence-electron chi connectivity index (χ4n) is 2.24. The van der Waals surface area contributed by atoms with Gasteiger partial charge in [0.2, 0.25) is 0 Å². The number of carbonyl (C=O) groups is 2. The molecule has 0 N–H and O–H groups in total. The molecule has 0 aromatic heterocycles. The van der Waals surface area contributed by atoms with E-state index in [0.717, 1.165) is 0 Å². The number of nitrogens with zero attached hydrogens (tertiary/aromatic N) is 1. The van der Waals surface area contributed by atoms with Crippen molar-refractivity contribution in [1.29, 1.82) is 0 Å². The molecule has 1 aliphatic rings. The van der Waals surface area contributed by atoms with Gasteiger partial charge in [0.1, 0.15) is 5.69 Å². The highest BCUT2D eigenvalue weighted by Gasteiger charge is 2.52. The summed E-state index contributed by atoms with van der Waals surface area (Å²) in [5, 5.41) is 2.89. The number of nitroso groups, excluding NO2 is 1. The number of Topliss-reactive ketones (excluding diaryl/α,β-unsaturated/α-hetero) is 1. The number of ketones is 1. The molecule has 0 fully saturated rings. The zero-order valence-corrected chi connectivity index (χ0v) is 11.9. The third-order valence-corrected chi connectivity index (χ3v) is 3.84. The minimum Gasteiger partial charge on any atom is -0.468 e. The van der Waals surface area contributed by atoms with Crippen LogP contribution in [0.4, 0.5) is 5.69 Å². The molecule has 5 nitrogen and oxygen atoms in total. The Kier molecular flexibility index (Phi) is 3.14. The second kappa shape index (κ2) is 4.38. The van der Waals surface area contributed by atoms with Crippen LogP contribution in [0.1, 0.15) is 22.8 Å². The summed E-state index contributed by atoms with van der Waals surface area (Å²) in [6.07, 6.45) is 0. The number of halogens is 1. The van der Waals surface area contributed by atoms with E-state index in [1.165, 1.54) is 20.1 Å². The highest BCUT2D eigenvalue weighted by Crippen LogP contribution is 2.50. The topological polar surface area (TPSA) is 72.8 Å². The molecule has 0 amide bonds. The average Bonchev–Trinajstić information content (AvgIpc) is 2.60. The van der Waals surface area contributed by atoms with E-state index >= 15 is 0 Å². The third kappa shape index (κ3) is 1.67. The summed E-state index contributed by atoms with van der Waals surface area (Å²) in [7, 11) is 1.20. The van der Waals surface area contributed by atoms with Crippen LogP contribution in [0, 0.1) is 10.3 Å². The van der Waals surface area contributed by atoms with Gasteiger partial charge in [-0.25, -0.2) is 0 Å². The number of methoxy groups -OCH3 is 1. The Balaban J connectivity index is 2.76. The minimum absolute atomic E-state index is 0.0790. The molecular formula is C13H10BrNO4. The SMILES string of the molecule is C=C1c2c(N=O)cc(Br)cc2C(=O)C1(C)C(=O)OC. The van der Waals surface area contributed by atoms with Gasteiger partial charge in [-0.05, 0) is 29.8 Å². The second-order valence-corrected chi connectivity index (χ2v) is 5.28. The Morgan fingerprint density at radius 3 is 2.63 bits per heavy atom. The highest BCUT2D eigenvalue weighted by molar-refractivity contribution is 9.10. The van der Waals surface area contributed by atoms with Gasteiger partial charge in [0.05, 0.1) is 7.11 Å². The van der Waals surface area contributed by atoms with Crippen molar-refractivity contribution in [3.8, 4) is 0 Å². The molecule has 98 valence electrons. The number of ether oxygens (including phenoxy) is 1. The van der Waals surface area contributed by atoms with Crippen molar-refractivity contribution in [2.45, 2.75) is 6.92 Å². The molecule has 1 unspecified atom stereocenters. The number of fused-ring (bicyclic) bond motifs is 1. The van der Waals surface area contributed by atoms with E-state index < -0.39 is 17.2 Å². The van der Waals surface area contributed by atoms with Crippen LogP contribution in [0.5, 0.6) is 0 Å². The Morgan fingerprint density at radius 2 is 2.11 bits per heavy atom. The van der Waals surface area contributed by atoms with Crippen molar-refractivity contribution in [1.82, 2.24) is 0 Å². The number of carbonyl (C=O) groups excluding carboxylic acids is 2. The first-order valence-electron chi connectivity index (χ1n) is 5.37. The van der Waals surface area contributed by atoms with Crippen LogP contribution in [0.3, 0.4) is 0 Å². The van der Waals surface area contributed by atoms with E-state index in [2.05, 4.69) is 32.4 Å². The van der Waals surface area contributed by atoms with E-state index in [4.69, 9.17) is 0 Å². The summed E-state index contributed by atoms with van der Waals surface area (Å²) in [5.74, 6) is -1.14. The molecular weight excluding hydrogens is 314 g/mol. The van der Waals surface area contributed by atoms with E-state index in [1.807, 2.05) is 0 Å². The van der Waals surface area contributed by atoms with E-state index in [1.54, 1.807) is 6.07 Å². The number of rotatable bonds is 2. The first-order chi connectivity index (χ1) is 8.87. The smallest absolute Gasteiger partial charge is 0.324 e. The predicted molar refractivity (Wildman–Crippen MR) is 73.1 cm³/mol. The van der Waals surface area contributed by atoms with Crippen LogP contribution < -0.4 is 0 Å². The fourth-order valence-corrected chi connectivity index (χ4v) is 2.68. The molecule has 0 heterocycles. The van der Waals surface area contributed by atoms with Gasteiger partial charge in [0, 0.05) is 15.6 Å². The zero-order valence-electron chi connectivity index (χ0n) is 10.3. The molecule has 1 aromatic rings. The molecule has 0 radical (unpaired) electrons. The lowest BCUT2D eigenvalue weighted by atomic mass is 9.82. The Bertz CT molecular complexity index is 638. The summed E-state index contributed by atoms with van der Waals surface area (Å²) in [6, 6.07) is 3.03. The summed E-state index contributed by atoms with van der Waals surface area (Å²) in [6.45, 7) is 5.21. The van der Waals surface area contributed by atoms with Gasteiger partial charge in [-0.3, -0.25) is 9.59 Å². The normalized spacial score (nSPS) is 21.2. The highest BCUT2D eigenvalue weighted by atomic mass is 79.9. The van der Waals surface area contributed by atoms with Crippen molar-refractivity contribution in [2.24, 2.45) is 10.6 Å². The lowest BCUT2D eigenvalue weighted by Gasteiger charge is -2.20. The number of esters is 1. The maximum atomic E-state index is 12.4. The van der Waals surface area contributed by atoms with Gasteiger partial charge < -0.3 is 4.74 Å². The van der Waals surface area contributed by atoms with E-state index in [9.17, 15) is 14.5 Å². The van der Waals surface area contributed by atoms with Crippen molar-refractivity contribution in [2.75, 3.05) is 7.11 Å². The molecule has 1 aromatic carbocycles. The monoisotopic (exact) mass is 323 g/mol. The van der Waals surface area contributed by atoms with Crippen LogP contribution in [-0.2, 0) is 9.53 Å². The standard InChI is InChI=1S/C13H10BrNO4/c1-6-10-8(4-7(14)5-9(10)15-18)11(16)13(6,2)12(17)19-3/h4-5H,1H2,2-3H3. The molecule has 6 heteroatoms. The fraction of sp³-hybridized carbons (Fsp3) is 0.231. The Labute approximate surface area is 117 Å². The molecule has 0 bridgehead atoms. The van der Waals surface area contributed by atoms with Crippen molar-refractivity contribution < 1.29 is 14.3 Å². The summed E-state index contributed by atoms with van der Waals surface area (Å²) >= 11 is 3.20. The van der Waals surface area contributed by atoms with Crippen LogP contribution in [0.2, 0.25) is 0 Å². The molecule has 2 rings (SSSR count). The Hall–Kier alpha value is -1.82. The summed E-state index contributed by atoms with van der Waals surface area (Å²) in [5.41, 5.74) is -0.619. The van der Waals surface area contributed by atoms with Gasteiger partial charge in [0.15, 0.2) is 11.2 Å². The Morgan fingerprint density at radius 1 is 1.47 bits per heavy atom. The van der Waals surface area contributed by atoms with Gasteiger partial charge in [-0.1, -0.05) is 22.5 Å². The van der Waals surface area contributed by atoms with Gasteiger partial charge in [0.25, 0.3) is 0 Å². The molecule has 0 saturated heterocycles. The van der Waals surface area contributed by atoms with Crippen molar-refractivity contribution >= 4 is 38.9 Å². The minimum atomic E-state index is -1.50. The van der Waals surface area contributed by atoms with Gasteiger partial charge >= 0.3 is 5.97 Å². The van der Waals surface area contributed by atoms with Crippen molar-refractivity contribution in [3.05, 3.63) is 39.2 Å². The zero-order chi connectivity index (χ0) is 14.4. The molecule has 0 saturated carbocycles. The van der Waals surface area contributed by atoms with Crippen molar-refractivity contribution in [3.63, 3.8) is 0 Å². The lowest BCUT2D eigenvalue weighted by molar-refractivity contribution is -0.145. The van der Waals surface area contributed by atoms with E-state index in [-0.39, 0.29) is 16.8 Å². The van der Waals surface area contributed by atoms with Crippen LogP contribution >= 0.6 is 15.9 Å². The molecule has 0 aliphatic heterocycles. The van der Waals surface area contributed by atoms with Crippen LogP contribution in [-0.4, -0.2) is 18.9 Å². The predicted octanol–water partition coefficient (Wildman–Crippen LogP) is 3.24. The molecule has 1 atom stereocenters. The number of hydrogen-bond acceptors (Lipinski definition) is 5. The lowest BCUT2D eigenvalue weighted by Crippen LogP contribution is -2.34. The summed E-state index contributed by atoms with van der Waals surface area (Å²) in [4.78, 5) is 35.2. The van der Waals surface area contributed by atoms with Crippen LogP contribution in [0.15, 0.2) is 28.4 Å². The first-order valence-corrected chi connectivity index (χ1v) is 6.17. The van der Waals surface area contributed by atoms with E-state index in [0.29, 0.717) is 10.0 Å². The third-order valence-electron chi connectivity index (χ3n) is 3.38. The number of hydrogen-bond donors (Lipinski definition) is 0. The maximum Gasteiger partial charge on any atom is 0.324 e. The average molecular weight is 324 g/mol. The second-order valence-electron chi connectivity index (χ2n) is 4.36. The summed E-state index contributed by atoms with van der Waals surface area (Å²) < 4.78 is 5.21. The largest absolute Gasteiger partial charge is 0.468 e.